The maximum atomic E-state index is 12.1. The number of amides is 2. The molecule has 2 amide bonds. The Morgan fingerprint density at radius 3 is 2.37 bits per heavy atom. The van der Waals surface area contributed by atoms with Crippen LogP contribution in [0.3, 0.4) is 0 Å². The number of quaternary nitrogens is 1. The fourth-order valence-corrected chi connectivity index (χ4v) is 5.77. The molecule has 0 aromatic heterocycles. The van der Waals surface area contributed by atoms with Gasteiger partial charge in [-0.25, -0.2) is 4.79 Å². The van der Waals surface area contributed by atoms with Crippen LogP contribution in [-0.4, -0.2) is 75.8 Å². The predicted octanol–water partition coefficient (Wildman–Crippen LogP) is -0.132. The van der Waals surface area contributed by atoms with Crippen molar-refractivity contribution in [1.82, 2.24) is 4.90 Å². The van der Waals surface area contributed by atoms with Crippen LogP contribution in [0.1, 0.15) is 13.3 Å². The number of nitrogens with zero attached hydrogens (tertiary/aromatic N) is 2. The van der Waals surface area contributed by atoms with E-state index in [0.717, 1.165) is 13.0 Å². The van der Waals surface area contributed by atoms with Gasteiger partial charge < -0.3 is 13.8 Å². The summed E-state index contributed by atoms with van der Waals surface area (Å²) in [6, 6.07) is 0. The molecule has 7 heteroatoms. The third-order valence-electron chi connectivity index (χ3n) is 4.79. The molecule has 0 aromatic carbocycles. The first-order valence-electron chi connectivity index (χ1n) is 6.65. The van der Waals surface area contributed by atoms with Crippen molar-refractivity contribution in [3.05, 3.63) is 0 Å². The van der Waals surface area contributed by atoms with Gasteiger partial charge in [-0.05, 0) is 6.55 Å². The summed E-state index contributed by atoms with van der Waals surface area (Å²) in [5.74, 6) is 0.329. The second-order valence-corrected chi connectivity index (χ2v) is 9.06. The Balaban J connectivity index is 2.10. The molecule has 6 nitrogen and oxygen atoms in total. The first kappa shape index (κ1) is 14.6. The first-order valence-corrected chi connectivity index (χ1v) is 9.05. The Kier molecular flexibility index (Phi) is 3.83. The maximum absolute atomic E-state index is 12.1. The van der Waals surface area contributed by atoms with Gasteiger partial charge in [-0.3, -0.25) is 9.28 Å². The van der Waals surface area contributed by atoms with Gasteiger partial charge in [-0.1, -0.05) is 0 Å². The van der Waals surface area contributed by atoms with Crippen LogP contribution in [0, 0.1) is 0 Å². The molecule has 19 heavy (non-hydrogen) atoms. The molecule has 2 fully saturated rings. The number of carbonyl (C=O) groups excluding carboxylic acids is 2. The third-order valence-corrected chi connectivity index (χ3v) is 8.40. The highest BCUT2D eigenvalue weighted by Crippen LogP contribution is 2.36. The molecule has 2 aliphatic heterocycles. The Morgan fingerprint density at radius 2 is 2.05 bits per heavy atom. The van der Waals surface area contributed by atoms with E-state index >= 15 is 0 Å². The van der Waals surface area contributed by atoms with E-state index in [1.807, 2.05) is 6.55 Å². The first-order chi connectivity index (χ1) is 8.89. The monoisotopic (exact) mass is 287 g/mol. The van der Waals surface area contributed by atoms with E-state index in [1.54, 1.807) is 26.0 Å². The fourth-order valence-electron chi connectivity index (χ4n) is 3.07. The zero-order chi connectivity index (χ0) is 14.3. The molecule has 0 aliphatic carbocycles. The van der Waals surface area contributed by atoms with Crippen LogP contribution >= 0.6 is 0 Å². The molecular formula is C12H23N2O4Si+. The lowest BCUT2D eigenvalue weighted by molar-refractivity contribution is -0.908. The number of hydrogen-bond acceptors (Lipinski definition) is 4. The largest absolute Gasteiger partial charge is 0.397 e. The molecule has 2 unspecified atom stereocenters. The molecule has 2 saturated heterocycles. The normalized spacial score (nSPS) is 30.2. The summed E-state index contributed by atoms with van der Waals surface area (Å²) in [4.78, 5) is 25.0. The lowest BCUT2D eigenvalue weighted by Crippen LogP contribution is -2.77. The van der Waals surface area contributed by atoms with Crippen LogP contribution in [0.2, 0.25) is 6.55 Å². The Morgan fingerprint density at radius 1 is 1.47 bits per heavy atom. The topological polar surface area (TPSA) is 55.6 Å². The minimum Gasteiger partial charge on any atom is -0.394 e. The van der Waals surface area contributed by atoms with E-state index in [2.05, 4.69) is 0 Å². The van der Waals surface area contributed by atoms with Gasteiger partial charge in [0.2, 0.25) is 5.91 Å². The van der Waals surface area contributed by atoms with Crippen molar-refractivity contribution in [2.24, 2.45) is 0 Å². The van der Waals surface area contributed by atoms with Gasteiger partial charge >= 0.3 is 14.5 Å². The molecule has 0 N–H and O–H groups in total. The number of carbonyl (C=O) groups is 2. The zero-order valence-electron chi connectivity index (χ0n) is 12.1. The standard InChI is InChI=1S/C12H23N2O4Si/c1-10(15)14(8-6-13-9-11(13)16)7-5-12(14)19(4,17-2)18-3/h12H,5-9H2,1-4H3/q+1. The van der Waals surface area contributed by atoms with E-state index in [0.29, 0.717) is 24.1 Å². The van der Waals surface area contributed by atoms with Gasteiger partial charge in [0, 0.05) is 14.2 Å². The van der Waals surface area contributed by atoms with E-state index in [4.69, 9.17) is 8.85 Å². The smallest absolute Gasteiger partial charge is 0.394 e. The lowest BCUT2D eigenvalue weighted by atomic mass is 10.1. The average molecular weight is 287 g/mol. The maximum Gasteiger partial charge on any atom is 0.397 e. The van der Waals surface area contributed by atoms with E-state index < -0.39 is 8.56 Å². The predicted molar refractivity (Wildman–Crippen MR) is 71.3 cm³/mol. The molecule has 0 saturated carbocycles. The van der Waals surface area contributed by atoms with Crippen molar-refractivity contribution in [2.45, 2.75) is 25.6 Å². The second-order valence-electron chi connectivity index (χ2n) is 5.54. The summed E-state index contributed by atoms with van der Waals surface area (Å²) >= 11 is 0. The number of hydrogen-bond donors (Lipinski definition) is 0. The van der Waals surface area contributed by atoms with Crippen molar-refractivity contribution >= 4 is 20.4 Å². The second kappa shape index (κ2) is 4.97. The summed E-state index contributed by atoms with van der Waals surface area (Å²) in [6.45, 7) is 6.35. The fraction of sp³-hybridized carbons (Fsp3) is 0.833. The minimum absolute atomic E-state index is 0.134. The molecule has 2 heterocycles. The van der Waals surface area contributed by atoms with Gasteiger partial charge in [-0.2, -0.15) is 0 Å². The van der Waals surface area contributed by atoms with Crippen LogP contribution in [-0.2, 0) is 18.4 Å². The van der Waals surface area contributed by atoms with Crippen LogP contribution < -0.4 is 0 Å². The average Bonchev–Trinajstić information content (AvgIpc) is 3.04. The molecule has 0 aromatic rings. The highest BCUT2D eigenvalue weighted by molar-refractivity contribution is 6.67. The summed E-state index contributed by atoms with van der Waals surface area (Å²) in [6.07, 6.45) is 0.956. The lowest BCUT2D eigenvalue weighted by Gasteiger charge is -2.53. The summed E-state index contributed by atoms with van der Waals surface area (Å²) in [7, 11) is 0.994. The van der Waals surface area contributed by atoms with Gasteiger partial charge in [0.15, 0.2) is 0 Å². The highest BCUT2D eigenvalue weighted by Gasteiger charge is 2.62. The van der Waals surface area contributed by atoms with Crippen LogP contribution in [0.5, 0.6) is 0 Å². The van der Waals surface area contributed by atoms with Crippen molar-refractivity contribution in [3.63, 3.8) is 0 Å². The van der Waals surface area contributed by atoms with Gasteiger partial charge in [0.25, 0.3) is 0 Å². The number of likely N-dealkylation sites (tertiary alicyclic amines) is 1. The Hall–Kier alpha value is -0.763. The summed E-state index contributed by atoms with van der Waals surface area (Å²) in [5.41, 5.74) is 0.134. The van der Waals surface area contributed by atoms with Crippen molar-refractivity contribution < 1.29 is 22.9 Å². The molecule has 2 aliphatic rings. The number of rotatable bonds is 6. The molecule has 0 bridgehead atoms. The van der Waals surface area contributed by atoms with Crippen LogP contribution in [0.4, 0.5) is 0 Å². The van der Waals surface area contributed by atoms with Gasteiger partial charge in [0.05, 0.1) is 26.4 Å². The molecule has 2 rings (SSSR count). The van der Waals surface area contributed by atoms with Crippen LogP contribution in [0.15, 0.2) is 0 Å². The van der Waals surface area contributed by atoms with E-state index in [1.165, 1.54) is 0 Å². The van der Waals surface area contributed by atoms with Gasteiger partial charge in [-0.15, -0.1) is 0 Å². The summed E-state index contributed by atoms with van der Waals surface area (Å²) < 4.78 is 11.6. The Bertz CT molecular complexity index is 399. The SMILES string of the molecule is CO[Si](C)(OC)C1CC[N+]1(CCN1CC1=O)C(C)=O. The van der Waals surface area contributed by atoms with Crippen molar-refractivity contribution in [2.75, 3.05) is 40.4 Å². The third kappa shape index (κ3) is 2.35. The van der Waals surface area contributed by atoms with E-state index in [9.17, 15) is 9.59 Å². The minimum atomic E-state index is -2.33. The zero-order valence-corrected chi connectivity index (χ0v) is 13.1. The van der Waals surface area contributed by atoms with E-state index in [-0.39, 0.29) is 17.5 Å². The molecular weight excluding hydrogens is 264 g/mol. The van der Waals surface area contributed by atoms with Crippen LogP contribution in [0.25, 0.3) is 0 Å². The van der Waals surface area contributed by atoms with Gasteiger partial charge in [0.1, 0.15) is 18.8 Å². The van der Waals surface area contributed by atoms with Crippen molar-refractivity contribution in [3.8, 4) is 0 Å². The van der Waals surface area contributed by atoms with Crippen molar-refractivity contribution in [1.29, 1.82) is 0 Å². The molecule has 2 atom stereocenters. The quantitative estimate of drug-likeness (QED) is 0.388. The Labute approximate surface area is 115 Å². The molecule has 0 spiro atoms. The molecule has 0 radical (unpaired) electrons. The summed E-state index contributed by atoms with van der Waals surface area (Å²) in [5, 5.41) is 0. The molecule has 108 valence electrons. The highest BCUT2D eigenvalue weighted by atomic mass is 28.4.